The molecule has 0 fully saturated rings. The highest BCUT2D eigenvalue weighted by Crippen LogP contribution is 2.13. The average molecular weight is 285 g/mol. The molecule has 2 aromatic carbocycles. The Kier molecular flexibility index (Phi) is 4.63. The van der Waals surface area contributed by atoms with Gasteiger partial charge in [0.1, 0.15) is 6.04 Å². The van der Waals surface area contributed by atoms with Crippen molar-refractivity contribution in [3.05, 3.63) is 75.8 Å². The van der Waals surface area contributed by atoms with E-state index in [9.17, 15) is 14.9 Å². The van der Waals surface area contributed by atoms with Gasteiger partial charge in [-0.1, -0.05) is 42.5 Å². The van der Waals surface area contributed by atoms with Crippen molar-refractivity contribution >= 4 is 11.6 Å². The highest BCUT2D eigenvalue weighted by atomic mass is 16.6. The maximum absolute atomic E-state index is 11.9. The normalized spacial score (nSPS) is 11.7. The first-order valence-electron chi connectivity index (χ1n) is 6.39. The molecule has 108 valence electrons. The predicted molar refractivity (Wildman–Crippen MR) is 78.3 cm³/mol. The second-order valence-corrected chi connectivity index (χ2v) is 4.53. The topological polar surface area (TPSA) is 98.3 Å². The van der Waals surface area contributed by atoms with Crippen molar-refractivity contribution in [2.45, 2.75) is 12.6 Å². The molecule has 0 radical (unpaired) electrons. The van der Waals surface area contributed by atoms with Crippen molar-refractivity contribution in [3.63, 3.8) is 0 Å². The van der Waals surface area contributed by atoms with Gasteiger partial charge in [-0.3, -0.25) is 14.9 Å². The minimum Gasteiger partial charge on any atom is -0.350 e. The summed E-state index contributed by atoms with van der Waals surface area (Å²) in [6.45, 7) is 0.275. The number of carbonyl (C=O) groups excluding carboxylic acids is 1. The maximum Gasteiger partial charge on any atom is 0.269 e. The van der Waals surface area contributed by atoms with Gasteiger partial charge in [-0.15, -0.1) is 0 Å². The van der Waals surface area contributed by atoms with E-state index >= 15 is 0 Å². The molecule has 6 heteroatoms. The molecule has 0 aromatic heterocycles. The van der Waals surface area contributed by atoms with Crippen LogP contribution in [0.3, 0.4) is 0 Å². The van der Waals surface area contributed by atoms with Gasteiger partial charge in [0, 0.05) is 18.7 Å². The molecule has 21 heavy (non-hydrogen) atoms. The standard InChI is InChI=1S/C15H15N3O3/c16-14(12-4-2-1-3-5-12)15(19)17-10-11-6-8-13(9-7-11)18(20)21/h1-9,14H,10,16H2,(H,17,19)/t14-/m0/s1. The Bertz CT molecular complexity index is 626. The number of nitro benzene ring substituents is 1. The fourth-order valence-electron chi connectivity index (χ4n) is 1.85. The van der Waals surface area contributed by atoms with Crippen LogP contribution in [0.1, 0.15) is 17.2 Å². The Morgan fingerprint density at radius 1 is 1.14 bits per heavy atom. The van der Waals surface area contributed by atoms with E-state index in [1.54, 1.807) is 24.3 Å². The number of hydrogen-bond acceptors (Lipinski definition) is 4. The summed E-state index contributed by atoms with van der Waals surface area (Å²) in [5.41, 5.74) is 7.39. The van der Waals surface area contributed by atoms with Crippen molar-refractivity contribution in [1.29, 1.82) is 0 Å². The van der Waals surface area contributed by atoms with Gasteiger partial charge in [-0.05, 0) is 11.1 Å². The van der Waals surface area contributed by atoms with Crippen LogP contribution in [0, 0.1) is 10.1 Å². The van der Waals surface area contributed by atoms with E-state index in [0.29, 0.717) is 0 Å². The number of non-ortho nitro benzene ring substituents is 1. The van der Waals surface area contributed by atoms with Gasteiger partial charge in [-0.25, -0.2) is 0 Å². The summed E-state index contributed by atoms with van der Waals surface area (Å²) in [4.78, 5) is 22.0. The summed E-state index contributed by atoms with van der Waals surface area (Å²) < 4.78 is 0. The molecule has 2 rings (SSSR count). The number of nitrogens with zero attached hydrogens (tertiary/aromatic N) is 1. The molecular weight excluding hydrogens is 270 g/mol. The minimum atomic E-state index is -0.732. The van der Waals surface area contributed by atoms with Crippen molar-refractivity contribution in [3.8, 4) is 0 Å². The first-order chi connectivity index (χ1) is 10.1. The molecule has 6 nitrogen and oxygen atoms in total. The molecule has 0 unspecified atom stereocenters. The Labute approximate surface area is 121 Å². The number of nitro groups is 1. The van der Waals surface area contributed by atoms with Crippen LogP contribution in [-0.4, -0.2) is 10.8 Å². The van der Waals surface area contributed by atoms with E-state index in [-0.39, 0.29) is 18.1 Å². The number of carbonyl (C=O) groups is 1. The van der Waals surface area contributed by atoms with Crippen molar-refractivity contribution < 1.29 is 9.72 Å². The molecule has 1 amide bonds. The third kappa shape index (κ3) is 3.87. The number of rotatable bonds is 5. The van der Waals surface area contributed by atoms with Crippen LogP contribution >= 0.6 is 0 Å². The molecule has 3 N–H and O–H groups in total. The zero-order valence-corrected chi connectivity index (χ0v) is 11.2. The Hall–Kier alpha value is -2.73. The number of amides is 1. The third-order valence-electron chi connectivity index (χ3n) is 3.06. The number of hydrogen-bond donors (Lipinski definition) is 2. The Morgan fingerprint density at radius 2 is 1.76 bits per heavy atom. The van der Waals surface area contributed by atoms with Gasteiger partial charge < -0.3 is 11.1 Å². The highest BCUT2D eigenvalue weighted by molar-refractivity contribution is 5.82. The van der Waals surface area contributed by atoms with Crippen LogP contribution in [-0.2, 0) is 11.3 Å². The molecule has 2 aromatic rings. The van der Waals surface area contributed by atoms with E-state index in [0.717, 1.165) is 11.1 Å². The lowest BCUT2D eigenvalue weighted by atomic mass is 10.1. The molecule has 0 aliphatic rings. The quantitative estimate of drug-likeness (QED) is 0.647. The largest absolute Gasteiger partial charge is 0.350 e. The van der Waals surface area contributed by atoms with Crippen molar-refractivity contribution in [2.75, 3.05) is 0 Å². The first-order valence-corrected chi connectivity index (χ1v) is 6.39. The van der Waals surface area contributed by atoms with Gasteiger partial charge in [-0.2, -0.15) is 0 Å². The molecule has 0 aliphatic carbocycles. The summed E-state index contributed by atoms with van der Waals surface area (Å²) in [5, 5.41) is 13.3. The smallest absolute Gasteiger partial charge is 0.269 e. The average Bonchev–Trinajstić information content (AvgIpc) is 2.53. The van der Waals surface area contributed by atoms with Gasteiger partial charge in [0.2, 0.25) is 5.91 Å². The van der Waals surface area contributed by atoms with E-state index in [2.05, 4.69) is 5.32 Å². The highest BCUT2D eigenvalue weighted by Gasteiger charge is 2.14. The van der Waals surface area contributed by atoms with Crippen LogP contribution in [0.4, 0.5) is 5.69 Å². The van der Waals surface area contributed by atoms with Crippen LogP contribution in [0.25, 0.3) is 0 Å². The molecule has 1 atom stereocenters. The summed E-state index contributed by atoms with van der Waals surface area (Å²) >= 11 is 0. The van der Waals surface area contributed by atoms with Gasteiger partial charge in [0.25, 0.3) is 5.69 Å². The number of benzene rings is 2. The van der Waals surface area contributed by atoms with Gasteiger partial charge in [0.15, 0.2) is 0 Å². The lowest BCUT2D eigenvalue weighted by molar-refractivity contribution is -0.384. The third-order valence-corrected chi connectivity index (χ3v) is 3.06. The molecule has 0 saturated heterocycles. The second-order valence-electron chi connectivity index (χ2n) is 4.53. The molecule has 0 bridgehead atoms. The van der Waals surface area contributed by atoms with Crippen molar-refractivity contribution in [1.82, 2.24) is 5.32 Å². The predicted octanol–water partition coefficient (Wildman–Crippen LogP) is 1.91. The summed E-state index contributed by atoms with van der Waals surface area (Å²) in [6.07, 6.45) is 0. The monoisotopic (exact) mass is 285 g/mol. The minimum absolute atomic E-state index is 0.0195. The molecular formula is C15H15N3O3. The van der Waals surface area contributed by atoms with E-state index in [1.807, 2.05) is 18.2 Å². The van der Waals surface area contributed by atoms with Crippen LogP contribution < -0.4 is 11.1 Å². The van der Waals surface area contributed by atoms with Crippen LogP contribution in [0.15, 0.2) is 54.6 Å². The molecule has 0 aliphatic heterocycles. The van der Waals surface area contributed by atoms with Crippen LogP contribution in [0.5, 0.6) is 0 Å². The second kappa shape index (κ2) is 6.62. The SMILES string of the molecule is N[C@H](C(=O)NCc1ccc([N+](=O)[O-])cc1)c1ccccc1. The zero-order chi connectivity index (χ0) is 15.2. The zero-order valence-electron chi connectivity index (χ0n) is 11.2. The molecule has 0 heterocycles. The Balaban J connectivity index is 1.93. The molecule has 0 saturated carbocycles. The van der Waals surface area contributed by atoms with E-state index in [1.165, 1.54) is 12.1 Å². The summed E-state index contributed by atoms with van der Waals surface area (Å²) in [6, 6.07) is 14.3. The fraction of sp³-hybridized carbons (Fsp3) is 0.133. The lowest BCUT2D eigenvalue weighted by Gasteiger charge is -2.12. The van der Waals surface area contributed by atoms with E-state index in [4.69, 9.17) is 5.73 Å². The fourth-order valence-corrected chi connectivity index (χ4v) is 1.85. The van der Waals surface area contributed by atoms with Crippen molar-refractivity contribution in [2.24, 2.45) is 5.73 Å². The molecule has 0 spiro atoms. The van der Waals surface area contributed by atoms with Crippen LogP contribution in [0.2, 0.25) is 0 Å². The first kappa shape index (κ1) is 14.7. The Morgan fingerprint density at radius 3 is 2.33 bits per heavy atom. The summed E-state index contributed by atoms with van der Waals surface area (Å²) in [7, 11) is 0. The van der Waals surface area contributed by atoms with Gasteiger partial charge in [0.05, 0.1) is 4.92 Å². The lowest BCUT2D eigenvalue weighted by Crippen LogP contribution is -2.33. The van der Waals surface area contributed by atoms with Gasteiger partial charge >= 0.3 is 0 Å². The van der Waals surface area contributed by atoms with E-state index < -0.39 is 11.0 Å². The maximum atomic E-state index is 11.9. The summed E-state index contributed by atoms with van der Waals surface area (Å²) in [5.74, 6) is -0.292. The number of nitrogens with one attached hydrogen (secondary N) is 1. The number of nitrogens with two attached hydrogens (primary N) is 1.